The van der Waals surface area contributed by atoms with Crippen LogP contribution in [-0.4, -0.2) is 41.0 Å². The molecule has 0 radical (unpaired) electrons. The summed E-state index contributed by atoms with van der Waals surface area (Å²) in [6.45, 7) is 1.22. The van der Waals surface area contributed by atoms with Gasteiger partial charge < -0.3 is 14.4 Å². The van der Waals surface area contributed by atoms with Crippen LogP contribution in [0, 0.1) is 0 Å². The van der Waals surface area contributed by atoms with E-state index in [1.807, 2.05) is 19.1 Å². The van der Waals surface area contributed by atoms with Gasteiger partial charge in [0.15, 0.2) is 0 Å². The molecule has 1 aliphatic heterocycles. The van der Waals surface area contributed by atoms with Crippen LogP contribution in [0.5, 0.6) is 0 Å². The molecule has 0 spiro atoms. The highest BCUT2D eigenvalue weighted by atomic mass is 19.3. The highest BCUT2D eigenvalue weighted by Crippen LogP contribution is 2.30. The Hall–Kier alpha value is -1.95. The summed E-state index contributed by atoms with van der Waals surface area (Å²) in [7, 11) is 0. The molecule has 0 saturated carbocycles. The van der Waals surface area contributed by atoms with Crippen molar-refractivity contribution in [3.8, 4) is 0 Å². The second-order valence-corrected chi connectivity index (χ2v) is 5.73. The number of nitrogens with zero attached hydrogens (tertiary/aromatic N) is 1. The molecule has 4 nitrogen and oxygen atoms in total. The molecule has 1 amide bonds. The van der Waals surface area contributed by atoms with E-state index in [0.29, 0.717) is 11.0 Å². The Kier molecular flexibility index (Phi) is 3.64. The van der Waals surface area contributed by atoms with Gasteiger partial charge in [-0.3, -0.25) is 4.79 Å². The minimum atomic E-state index is -3.07. The van der Waals surface area contributed by atoms with Gasteiger partial charge in [-0.05, 0) is 24.1 Å². The molecule has 2 heterocycles. The maximum Gasteiger partial charge on any atom is 0.267 e. The third-order valence-electron chi connectivity index (χ3n) is 3.95. The molecule has 1 saturated heterocycles. The zero-order valence-electron chi connectivity index (χ0n) is 12.2. The highest BCUT2D eigenvalue weighted by molar-refractivity contribution is 6.06. The van der Waals surface area contributed by atoms with Gasteiger partial charge in [0.05, 0.1) is 18.2 Å². The summed E-state index contributed by atoms with van der Waals surface area (Å²) in [5, 5.41) is 10.2. The molecule has 6 heteroatoms. The number of hydrogen-bond acceptors (Lipinski definition) is 3. The Labute approximate surface area is 126 Å². The van der Waals surface area contributed by atoms with E-state index in [2.05, 4.69) is 0 Å². The first kappa shape index (κ1) is 15.0. The number of carbonyl (C=O) groups excluding carboxylic acids is 1. The summed E-state index contributed by atoms with van der Waals surface area (Å²) in [4.78, 5) is 13.5. The van der Waals surface area contributed by atoms with Gasteiger partial charge in [-0.1, -0.05) is 13.0 Å². The minimum absolute atomic E-state index is 0.0887. The molecule has 3 rings (SSSR count). The van der Waals surface area contributed by atoms with Crippen molar-refractivity contribution in [2.45, 2.75) is 31.8 Å². The van der Waals surface area contributed by atoms with Crippen molar-refractivity contribution in [2.24, 2.45) is 0 Å². The number of furan rings is 1. The SMILES string of the molecule is CCc1ccc2occ(C(=O)N3CC(O)CC(F)(F)C3)c2c1. The maximum atomic E-state index is 13.6. The molecular formula is C16H17F2NO3. The van der Waals surface area contributed by atoms with Crippen LogP contribution >= 0.6 is 0 Å². The van der Waals surface area contributed by atoms with Crippen LogP contribution in [0.15, 0.2) is 28.9 Å². The topological polar surface area (TPSA) is 53.7 Å². The van der Waals surface area contributed by atoms with E-state index in [0.717, 1.165) is 16.9 Å². The number of carbonyl (C=O) groups is 1. The monoisotopic (exact) mass is 309 g/mol. The number of rotatable bonds is 2. The van der Waals surface area contributed by atoms with Crippen LogP contribution in [0.4, 0.5) is 8.78 Å². The Morgan fingerprint density at radius 3 is 2.95 bits per heavy atom. The number of hydrogen-bond donors (Lipinski definition) is 1. The summed E-state index contributed by atoms with van der Waals surface area (Å²) >= 11 is 0. The van der Waals surface area contributed by atoms with Gasteiger partial charge in [0, 0.05) is 18.4 Å². The lowest BCUT2D eigenvalue weighted by molar-refractivity contribution is -0.0972. The molecule has 0 bridgehead atoms. The third kappa shape index (κ3) is 2.70. The first-order valence-corrected chi connectivity index (χ1v) is 7.25. The van der Waals surface area contributed by atoms with E-state index in [1.165, 1.54) is 6.26 Å². The van der Waals surface area contributed by atoms with Crippen LogP contribution in [-0.2, 0) is 6.42 Å². The van der Waals surface area contributed by atoms with Crippen molar-refractivity contribution in [3.05, 3.63) is 35.6 Å². The third-order valence-corrected chi connectivity index (χ3v) is 3.95. The van der Waals surface area contributed by atoms with Crippen LogP contribution in [0.2, 0.25) is 0 Å². The summed E-state index contributed by atoms with van der Waals surface area (Å²) in [5.74, 6) is -3.60. The number of piperidine rings is 1. The normalized spacial score (nSPS) is 21.3. The highest BCUT2D eigenvalue weighted by Gasteiger charge is 2.42. The van der Waals surface area contributed by atoms with Gasteiger partial charge >= 0.3 is 0 Å². The molecule has 1 aromatic carbocycles. The smallest absolute Gasteiger partial charge is 0.267 e. The quantitative estimate of drug-likeness (QED) is 0.928. The molecule has 1 unspecified atom stereocenters. The predicted octanol–water partition coefficient (Wildman–Crippen LogP) is 2.84. The lowest BCUT2D eigenvalue weighted by Crippen LogP contribution is -2.51. The van der Waals surface area contributed by atoms with Crippen molar-refractivity contribution < 1.29 is 23.1 Å². The molecule has 1 aromatic heterocycles. The van der Waals surface area contributed by atoms with Crippen molar-refractivity contribution >= 4 is 16.9 Å². The van der Waals surface area contributed by atoms with E-state index in [4.69, 9.17) is 4.42 Å². The molecule has 0 aliphatic carbocycles. The van der Waals surface area contributed by atoms with Gasteiger partial charge in [-0.2, -0.15) is 0 Å². The average molecular weight is 309 g/mol. The number of amides is 1. The van der Waals surface area contributed by atoms with E-state index in [9.17, 15) is 18.7 Å². The lowest BCUT2D eigenvalue weighted by atomic mass is 10.0. The van der Waals surface area contributed by atoms with Gasteiger partial charge in [0.25, 0.3) is 11.8 Å². The number of alkyl halides is 2. The lowest BCUT2D eigenvalue weighted by Gasteiger charge is -2.35. The van der Waals surface area contributed by atoms with E-state index >= 15 is 0 Å². The number of likely N-dealkylation sites (tertiary alicyclic amines) is 1. The van der Waals surface area contributed by atoms with Crippen LogP contribution in [0.1, 0.15) is 29.3 Å². The first-order valence-electron chi connectivity index (χ1n) is 7.25. The Morgan fingerprint density at radius 1 is 1.50 bits per heavy atom. The largest absolute Gasteiger partial charge is 0.463 e. The molecule has 1 aliphatic rings. The Balaban J connectivity index is 1.95. The fourth-order valence-corrected chi connectivity index (χ4v) is 2.86. The number of fused-ring (bicyclic) bond motifs is 1. The molecule has 1 N–H and O–H groups in total. The zero-order chi connectivity index (χ0) is 15.9. The number of aliphatic hydroxyl groups is 1. The van der Waals surface area contributed by atoms with Crippen molar-refractivity contribution in [1.82, 2.24) is 4.90 Å². The van der Waals surface area contributed by atoms with Crippen LogP contribution in [0.25, 0.3) is 11.0 Å². The second-order valence-electron chi connectivity index (χ2n) is 5.73. The average Bonchev–Trinajstić information content (AvgIpc) is 2.87. The van der Waals surface area contributed by atoms with Crippen LogP contribution in [0.3, 0.4) is 0 Å². The van der Waals surface area contributed by atoms with Gasteiger partial charge in [-0.15, -0.1) is 0 Å². The van der Waals surface area contributed by atoms with Crippen LogP contribution < -0.4 is 0 Å². The van der Waals surface area contributed by atoms with Gasteiger partial charge in [0.1, 0.15) is 11.8 Å². The van der Waals surface area contributed by atoms with Crippen molar-refractivity contribution in [3.63, 3.8) is 0 Å². The van der Waals surface area contributed by atoms with E-state index < -0.39 is 30.9 Å². The van der Waals surface area contributed by atoms with Crippen molar-refractivity contribution in [2.75, 3.05) is 13.1 Å². The van der Waals surface area contributed by atoms with E-state index in [-0.39, 0.29) is 12.1 Å². The summed E-state index contributed by atoms with van der Waals surface area (Å²) < 4.78 is 32.5. The predicted molar refractivity (Wildman–Crippen MR) is 77.1 cm³/mol. The summed E-state index contributed by atoms with van der Waals surface area (Å²) in [5.41, 5.74) is 1.84. The van der Waals surface area contributed by atoms with Crippen molar-refractivity contribution in [1.29, 1.82) is 0 Å². The molecule has 1 fully saturated rings. The first-order chi connectivity index (χ1) is 10.4. The number of β-amino-alcohol motifs (C(OH)–C–C–N with tert-alkyl or cyclic N) is 1. The molecule has 118 valence electrons. The minimum Gasteiger partial charge on any atom is -0.463 e. The number of halogens is 2. The Morgan fingerprint density at radius 2 is 2.27 bits per heavy atom. The molecule has 1 atom stereocenters. The van der Waals surface area contributed by atoms with Gasteiger partial charge in [-0.25, -0.2) is 8.78 Å². The Bertz CT molecular complexity index is 710. The second kappa shape index (κ2) is 5.35. The maximum absolute atomic E-state index is 13.6. The number of benzene rings is 1. The zero-order valence-corrected chi connectivity index (χ0v) is 12.2. The molecule has 22 heavy (non-hydrogen) atoms. The molecule has 2 aromatic rings. The standard InChI is InChI=1S/C16H17F2NO3/c1-2-10-3-4-14-12(5-10)13(8-22-14)15(21)19-7-11(20)6-16(17,18)9-19/h3-5,8,11,20H,2,6-7,9H2,1H3. The number of aliphatic hydroxyl groups excluding tert-OH is 1. The van der Waals surface area contributed by atoms with E-state index in [1.54, 1.807) is 6.07 Å². The molecular weight excluding hydrogens is 292 g/mol. The summed E-state index contributed by atoms with van der Waals surface area (Å²) in [6, 6.07) is 5.51. The van der Waals surface area contributed by atoms with Gasteiger partial charge in [0.2, 0.25) is 0 Å². The number of aryl methyl sites for hydroxylation is 1. The fraction of sp³-hybridized carbons (Fsp3) is 0.438. The summed E-state index contributed by atoms with van der Waals surface area (Å²) in [6.07, 6.45) is 0.279. The fourth-order valence-electron chi connectivity index (χ4n) is 2.86.